The van der Waals surface area contributed by atoms with Gasteiger partial charge in [-0.1, -0.05) is 0 Å². The van der Waals surface area contributed by atoms with Gasteiger partial charge >= 0.3 is 5.97 Å². The van der Waals surface area contributed by atoms with Gasteiger partial charge in [0.05, 0.1) is 17.0 Å². The van der Waals surface area contributed by atoms with Gasteiger partial charge in [-0.05, 0) is 27.7 Å². The standard InChI is InChI=1S/C10H16N2O4S2/c1-6-8(9(13)14)17-7(12-6)5-11-18(15,16)10(2,3)4/h11H,5H2,1-4H3,(H,13,14). The summed E-state index contributed by atoms with van der Waals surface area (Å²) in [6.07, 6.45) is 0. The highest BCUT2D eigenvalue weighted by Crippen LogP contribution is 2.19. The molecule has 0 aliphatic rings. The lowest BCUT2D eigenvalue weighted by molar-refractivity contribution is 0.0701. The van der Waals surface area contributed by atoms with Crippen molar-refractivity contribution < 1.29 is 18.3 Å². The molecule has 0 radical (unpaired) electrons. The summed E-state index contributed by atoms with van der Waals surface area (Å²) in [5, 5.41) is 9.31. The molecular formula is C10H16N2O4S2. The van der Waals surface area contributed by atoms with Gasteiger partial charge in [0.1, 0.15) is 9.88 Å². The number of carboxylic acid groups (broad SMARTS) is 1. The van der Waals surface area contributed by atoms with E-state index in [4.69, 9.17) is 5.11 Å². The van der Waals surface area contributed by atoms with Crippen LogP contribution in [0.5, 0.6) is 0 Å². The minimum Gasteiger partial charge on any atom is -0.477 e. The van der Waals surface area contributed by atoms with E-state index in [1.54, 1.807) is 27.7 Å². The number of nitrogens with zero attached hydrogens (tertiary/aromatic N) is 1. The van der Waals surface area contributed by atoms with Gasteiger partial charge in [-0.2, -0.15) is 0 Å². The predicted octanol–water partition coefficient (Wildman–Crippen LogP) is 1.37. The average molecular weight is 292 g/mol. The normalized spacial score (nSPS) is 12.7. The van der Waals surface area contributed by atoms with Crippen LogP contribution in [0, 0.1) is 6.92 Å². The van der Waals surface area contributed by atoms with Gasteiger partial charge in [0.15, 0.2) is 0 Å². The Labute approximate surface area is 110 Å². The van der Waals surface area contributed by atoms with E-state index in [0.29, 0.717) is 10.7 Å². The number of nitrogens with one attached hydrogen (secondary N) is 1. The number of aromatic nitrogens is 1. The maximum absolute atomic E-state index is 11.8. The molecule has 2 N–H and O–H groups in total. The number of rotatable bonds is 4. The number of aromatic carboxylic acids is 1. The Hall–Kier alpha value is -0.990. The van der Waals surface area contributed by atoms with E-state index in [9.17, 15) is 13.2 Å². The fraction of sp³-hybridized carbons (Fsp3) is 0.600. The molecule has 102 valence electrons. The number of hydrogen-bond donors (Lipinski definition) is 2. The summed E-state index contributed by atoms with van der Waals surface area (Å²) >= 11 is 0.981. The minimum atomic E-state index is -3.45. The summed E-state index contributed by atoms with van der Waals surface area (Å²) in [6.45, 7) is 6.36. The number of carbonyl (C=O) groups is 1. The Kier molecular flexibility index (Phi) is 4.14. The first kappa shape index (κ1) is 15.1. The van der Waals surface area contributed by atoms with Crippen LogP contribution in [0.15, 0.2) is 0 Å². The summed E-state index contributed by atoms with van der Waals surface area (Å²) in [4.78, 5) is 15.0. The van der Waals surface area contributed by atoms with Crippen LogP contribution >= 0.6 is 11.3 Å². The number of thiazole rings is 1. The molecule has 0 atom stereocenters. The summed E-state index contributed by atoms with van der Waals surface area (Å²) in [5.74, 6) is -1.05. The molecule has 0 bridgehead atoms. The lowest BCUT2D eigenvalue weighted by Crippen LogP contribution is -2.38. The van der Waals surface area contributed by atoms with Crippen molar-refractivity contribution in [3.8, 4) is 0 Å². The van der Waals surface area contributed by atoms with Crippen LogP contribution in [0.2, 0.25) is 0 Å². The number of carboxylic acids is 1. The highest BCUT2D eigenvalue weighted by atomic mass is 32.2. The Bertz CT molecular complexity index is 555. The zero-order valence-corrected chi connectivity index (χ0v) is 12.3. The van der Waals surface area contributed by atoms with Gasteiger partial charge in [0.2, 0.25) is 10.0 Å². The van der Waals surface area contributed by atoms with E-state index < -0.39 is 20.7 Å². The molecule has 0 aliphatic heterocycles. The van der Waals surface area contributed by atoms with E-state index in [1.807, 2.05) is 0 Å². The fourth-order valence-electron chi connectivity index (χ4n) is 1.10. The quantitative estimate of drug-likeness (QED) is 0.873. The van der Waals surface area contributed by atoms with Crippen molar-refractivity contribution in [2.24, 2.45) is 0 Å². The molecule has 1 heterocycles. The summed E-state index contributed by atoms with van der Waals surface area (Å²) in [5.41, 5.74) is 0.400. The van der Waals surface area contributed by atoms with Crippen molar-refractivity contribution in [1.29, 1.82) is 0 Å². The van der Waals surface area contributed by atoms with E-state index in [-0.39, 0.29) is 11.4 Å². The van der Waals surface area contributed by atoms with E-state index in [2.05, 4.69) is 9.71 Å². The first-order chi connectivity index (χ1) is 8.04. The molecule has 0 amide bonds. The maximum atomic E-state index is 11.8. The number of hydrogen-bond acceptors (Lipinski definition) is 5. The number of sulfonamides is 1. The van der Waals surface area contributed by atoms with Gasteiger partial charge in [-0.15, -0.1) is 11.3 Å². The monoisotopic (exact) mass is 292 g/mol. The molecule has 0 saturated carbocycles. The molecule has 8 heteroatoms. The first-order valence-corrected chi connectivity index (χ1v) is 7.53. The van der Waals surface area contributed by atoms with Gasteiger partial charge in [-0.25, -0.2) is 22.9 Å². The molecule has 0 saturated heterocycles. The molecule has 1 aromatic rings. The van der Waals surface area contributed by atoms with Crippen LogP contribution in [0.3, 0.4) is 0 Å². The highest BCUT2D eigenvalue weighted by molar-refractivity contribution is 7.90. The molecule has 1 rings (SSSR count). The lowest BCUT2D eigenvalue weighted by atomic mass is 10.3. The molecular weight excluding hydrogens is 276 g/mol. The average Bonchev–Trinajstić information content (AvgIpc) is 2.55. The number of aryl methyl sites for hydroxylation is 1. The van der Waals surface area contributed by atoms with Crippen molar-refractivity contribution in [3.05, 3.63) is 15.6 Å². The second-order valence-corrected chi connectivity index (χ2v) is 8.37. The summed E-state index contributed by atoms with van der Waals surface area (Å²) in [6, 6.07) is 0. The second-order valence-electron chi connectivity index (χ2n) is 4.76. The predicted molar refractivity (Wildman–Crippen MR) is 69.3 cm³/mol. The molecule has 0 fully saturated rings. The first-order valence-electron chi connectivity index (χ1n) is 5.23. The SMILES string of the molecule is Cc1nc(CNS(=O)(=O)C(C)(C)C)sc1C(=O)O. The highest BCUT2D eigenvalue weighted by Gasteiger charge is 2.28. The van der Waals surface area contributed by atoms with Crippen LogP contribution < -0.4 is 4.72 Å². The summed E-state index contributed by atoms with van der Waals surface area (Å²) in [7, 11) is -3.45. The van der Waals surface area contributed by atoms with Crippen LogP contribution in [-0.4, -0.2) is 29.2 Å². The van der Waals surface area contributed by atoms with Crippen LogP contribution in [-0.2, 0) is 16.6 Å². The Morgan fingerprint density at radius 2 is 2.00 bits per heavy atom. The fourth-order valence-corrected chi connectivity index (χ4v) is 2.79. The molecule has 1 aromatic heterocycles. The van der Waals surface area contributed by atoms with Crippen LogP contribution in [0.1, 0.15) is 41.1 Å². The third kappa shape index (κ3) is 3.27. The second kappa shape index (κ2) is 4.94. The van der Waals surface area contributed by atoms with Gasteiger partial charge in [0.25, 0.3) is 0 Å². The van der Waals surface area contributed by atoms with Crippen LogP contribution in [0.25, 0.3) is 0 Å². The molecule has 0 aliphatic carbocycles. The third-order valence-corrected chi connectivity index (χ3v) is 5.54. The van der Waals surface area contributed by atoms with Crippen molar-refractivity contribution >= 4 is 27.3 Å². The van der Waals surface area contributed by atoms with Crippen molar-refractivity contribution in [1.82, 2.24) is 9.71 Å². The maximum Gasteiger partial charge on any atom is 0.347 e. The van der Waals surface area contributed by atoms with E-state index in [0.717, 1.165) is 11.3 Å². The zero-order chi connectivity index (χ0) is 14.1. The minimum absolute atomic E-state index is 0.0123. The third-order valence-electron chi connectivity index (χ3n) is 2.25. The zero-order valence-electron chi connectivity index (χ0n) is 10.6. The van der Waals surface area contributed by atoms with Gasteiger partial charge in [-0.3, -0.25) is 0 Å². The van der Waals surface area contributed by atoms with Crippen molar-refractivity contribution in [2.45, 2.75) is 39.0 Å². The molecule has 0 aromatic carbocycles. The van der Waals surface area contributed by atoms with Crippen molar-refractivity contribution in [3.63, 3.8) is 0 Å². The van der Waals surface area contributed by atoms with E-state index >= 15 is 0 Å². The Morgan fingerprint density at radius 1 is 1.44 bits per heavy atom. The van der Waals surface area contributed by atoms with Gasteiger partial charge < -0.3 is 5.11 Å². The molecule has 0 unspecified atom stereocenters. The Morgan fingerprint density at radius 3 is 2.39 bits per heavy atom. The smallest absolute Gasteiger partial charge is 0.347 e. The van der Waals surface area contributed by atoms with Crippen molar-refractivity contribution in [2.75, 3.05) is 0 Å². The molecule has 18 heavy (non-hydrogen) atoms. The topological polar surface area (TPSA) is 96.4 Å². The molecule has 0 spiro atoms. The van der Waals surface area contributed by atoms with Gasteiger partial charge in [0, 0.05) is 0 Å². The Balaban J connectivity index is 2.83. The van der Waals surface area contributed by atoms with E-state index in [1.165, 1.54) is 0 Å². The summed E-state index contributed by atoms with van der Waals surface area (Å²) < 4.78 is 25.1. The largest absolute Gasteiger partial charge is 0.477 e. The van der Waals surface area contributed by atoms with Crippen LogP contribution in [0.4, 0.5) is 0 Å². The molecule has 6 nitrogen and oxygen atoms in total. The lowest BCUT2D eigenvalue weighted by Gasteiger charge is -2.19.